The van der Waals surface area contributed by atoms with Gasteiger partial charge in [-0.05, 0) is 49.9 Å². The Morgan fingerprint density at radius 3 is 2.29 bits per heavy atom. The highest BCUT2D eigenvalue weighted by atomic mass is 32.2. The fourth-order valence-electron chi connectivity index (χ4n) is 4.19. The molecule has 3 rings (SSSR count). The second-order valence-corrected chi connectivity index (χ2v) is 9.87. The van der Waals surface area contributed by atoms with Gasteiger partial charge in [0, 0.05) is 19.1 Å². The first kappa shape index (κ1) is 21.1. The molecule has 1 amide bonds. The molecular formula is C21H32N2O4S. The summed E-state index contributed by atoms with van der Waals surface area (Å²) >= 11 is 0. The van der Waals surface area contributed by atoms with Crippen molar-refractivity contribution in [3.63, 3.8) is 0 Å². The highest BCUT2D eigenvalue weighted by Crippen LogP contribution is 2.26. The summed E-state index contributed by atoms with van der Waals surface area (Å²) in [5.74, 6) is 0.362. The van der Waals surface area contributed by atoms with E-state index in [4.69, 9.17) is 4.74 Å². The highest BCUT2D eigenvalue weighted by molar-refractivity contribution is 7.89. The number of rotatable bonds is 5. The van der Waals surface area contributed by atoms with Crippen LogP contribution in [0.15, 0.2) is 29.2 Å². The van der Waals surface area contributed by atoms with Crippen LogP contribution >= 0.6 is 0 Å². The van der Waals surface area contributed by atoms with Crippen LogP contribution in [0.2, 0.25) is 0 Å². The van der Waals surface area contributed by atoms with Crippen LogP contribution in [-0.4, -0.2) is 44.9 Å². The molecule has 0 unspecified atom stereocenters. The summed E-state index contributed by atoms with van der Waals surface area (Å²) in [4.78, 5) is 13.1. The molecule has 1 aliphatic carbocycles. The van der Waals surface area contributed by atoms with Gasteiger partial charge in [-0.1, -0.05) is 32.1 Å². The van der Waals surface area contributed by atoms with E-state index in [1.807, 2.05) is 0 Å². The van der Waals surface area contributed by atoms with Gasteiger partial charge in [0.15, 0.2) is 0 Å². The topological polar surface area (TPSA) is 75.7 Å². The van der Waals surface area contributed by atoms with E-state index >= 15 is 0 Å². The van der Waals surface area contributed by atoms with E-state index in [1.54, 1.807) is 31.4 Å². The Hall–Kier alpha value is -1.60. The molecule has 1 aromatic rings. The Morgan fingerprint density at radius 1 is 1.00 bits per heavy atom. The summed E-state index contributed by atoms with van der Waals surface area (Å²) in [6.45, 7) is 0.717. The van der Waals surface area contributed by atoms with Gasteiger partial charge in [0.25, 0.3) is 0 Å². The van der Waals surface area contributed by atoms with Gasteiger partial charge in [-0.3, -0.25) is 4.79 Å². The van der Waals surface area contributed by atoms with Crippen molar-refractivity contribution in [3.8, 4) is 5.75 Å². The number of benzene rings is 1. The molecule has 1 aliphatic heterocycles. The second kappa shape index (κ2) is 9.74. The maximum atomic E-state index is 13.0. The number of amides is 1. The number of carbonyl (C=O) groups is 1. The maximum absolute atomic E-state index is 13.0. The normalized spacial score (nSPS) is 22.8. The third kappa shape index (κ3) is 5.26. The fourth-order valence-corrected chi connectivity index (χ4v) is 5.71. The van der Waals surface area contributed by atoms with E-state index < -0.39 is 10.0 Å². The Bertz CT molecular complexity index is 740. The van der Waals surface area contributed by atoms with E-state index in [9.17, 15) is 13.2 Å². The van der Waals surface area contributed by atoms with Crippen LogP contribution in [0.1, 0.15) is 57.8 Å². The van der Waals surface area contributed by atoms with Crippen molar-refractivity contribution in [2.45, 2.75) is 68.7 Å². The smallest absolute Gasteiger partial charge is 0.243 e. The predicted molar refractivity (Wildman–Crippen MR) is 109 cm³/mol. The van der Waals surface area contributed by atoms with Gasteiger partial charge in [-0.15, -0.1) is 0 Å². The van der Waals surface area contributed by atoms with Gasteiger partial charge in [0.05, 0.1) is 17.9 Å². The molecule has 1 heterocycles. The van der Waals surface area contributed by atoms with Crippen molar-refractivity contribution in [2.75, 3.05) is 20.2 Å². The van der Waals surface area contributed by atoms with Crippen LogP contribution in [-0.2, 0) is 14.8 Å². The summed E-state index contributed by atoms with van der Waals surface area (Å²) in [6.07, 6.45) is 9.61. The number of sulfonamides is 1. The van der Waals surface area contributed by atoms with E-state index in [-0.39, 0.29) is 29.3 Å². The average molecular weight is 409 g/mol. The number of carbonyl (C=O) groups excluding carboxylic acids is 1. The molecule has 7 heteroatoms. The molecule has 1 saturated heterocycles. The van der Waals surface area contributed by atoms with Gasteiger partial charge >= 0.3 is 0 Å². The maximum Gasteiger partial charge on any atom is 0.243 e. The van der Waals surface area contributed by atoms with Gasteiger partial charge in [-0.2, -0.15) is 4.31 Å². The molecule has 28 heavy (non-hydrogen) atoms. The second-order valence-electron chi connectivity index (χ2n) is 7.93. The van der Waals surface area contributed by atoms with Crippen molar-refractivity contribution < 1.29 is 17.9 Å². The minimum Gasteiger partial charge on any atom is -0.497 e. The third-order valence-corrected chi connectivity index (χ3v) is 7.78. The Kier molecular flexibility index (Phi) is 7.35. The summed E-state index contributed by atoms with van der Waals surface area (Å²) in [6, 6.07) is 6.66. The molecule has 2 fully saturated rings. The van der Waals surface area contributed by atoms with Crippen LogP contribution in [0.4, 0.5) is 0 Å². The molecule has 1 atom stereocenters. The predicted octanol–water partition coefficient (Wildman–Crippen LogP) is 3.33. The first-order valence-corrected chi connectivity index (χ1v) is 11.9. The number of hydrogen-bond acceptors (Lipinski definition) is 4. The molecule has 0 bridgehead atoms. The average Bonchev–Trinajstić information content (AvgIpc) is 2.70. The van der Waals surface area contributed by atoms with Crippen molar-refractivity contribution in [1.29, 1.82) is 0 Å². The van der Waals surface area contributed by atoms with Crippen molar-refractivity contribution in [3.05, 3.63) is 24.3 Å². The zero-order valence-corrected chi connectivity index (χ0v) is 17.5. The molecule has 0 radical (unpaired) electrons. The Morgan fingerprint density at radius 2 is 1.64 bits per heavy atom. The standard InChI is InChI=1S/C21H32N2O4S/c1-27-19-11-13-20(14-12-19)28(25,26)23-15-7-8-17(16-23)21(24)22-18-9-5-3-2-4-6-10-18/h11-14,17-18H,2-10,15-16H2,1H3,(H,22,24)/t17-/m1/s1. The van der Waals surface area contributed by atoms with E-state index in [0.717, 1.165) is 32.1 Å². The SMILES string of the molecule is COc1ccc(S(=O)(=O)N2CCC[C@@H](C(=O)NC3CCCCCCC3)C2)cc1. The quantitative estimate of drug-likeness (QED) is 0.811. The zero-order chi connectivity index (χ0) is 20.0. The summed E-state index contributed by atoms with van der Waals surface area (Å²) < 4.78 is 32.5. The van der Waals surface area contributed by atoms with Crippen LogP contribution in [0, 0.1) is 5.92 Å². The molecule has 6 nitrogen and oxygen atoms in total. The van der Waals surface area contributed by atoms with Gasteiger partial charge in [0.1, 0.15) is 5.75 Å². The largest absolute Gasteiger partial charge is 0.497 e. The van der Waals surface area contributed by atoms with E-state index in [1.165, 1.54) is 23.6 Å². The highest BCUT2D eigenvalue weighted by Gasteiger charge is 2.33. The lowest BCUT2D eigenvalue weighted by Gasteiger charge is -2.32. The third-order valence-electron chi connectivity index (χ3n) is 5.90. The Labute approximate surface area is 168 Å². The molecule has 1 saturated carbocycles. The lowest BCUT2D eigenvalue weighted by molar-refractivity contribution is -0.126. The van der Waals surface area contributed by atoms with Gasteiger partial charge < -0.3 is 10.1 Å². The summed E-state index contributed by atoms with van der Waals surface area (Å²) in [7, 11) is -2.05. The molecule has 0 aromatic heterocycles. The Balaban J connectivity index is 1.62. The number of nitrogens with one attached hydrogen (secondary N) is 1. The molecule has 1 aromatic carbocycles. The number of ether oxygens (including phenoxy) is 1. The van der Waals surface area contributed by atoms with Crippen LogP contribution in [0.25, 0.3) is 0 Å². The van der Waals surface area contributed by atoms with Gasteiger partial charge in [0.2, 0.25) is 15.9 Å². The van der Waals surface area contributed by atoms with E-state index in [0.29, 0.717) is 18.7 Å². The molecular weight excluding hydrogens is 376 g/mol. The number of methoxy groups -OCH3 is 1. The zero-order valence-electron chi connectivity index (χ0n) is 16.7. The van der Waals surface area contributed by atoms with Crippen LogP contribution < -0.4 is 10.1 Å². The number of hydrogen-bond donors (Lipinski definition) is 1. The molecule has 0 spiro atoms. The number of nitrogens with zero attached hydrogens (tertiary/aromatic N) is 1. The lowest BCUT2D eigenvalue weighted by atomic mass is 9.94. The molecule has 1 N–H and O–H groups in total. The minimum absolute atomic E-state index is 0.0141. The molecule has 2 aliphatic rings. The van der Waals surface area contributed by atoms with Crippen molar-refractivity contribution >= 4 is 15.9 Å². The lowest BCUT2D eigenvalue weighted by Crippen LogP contribution is -2.47. The van der Waals surface area contributed by atoms with Crippen LogP contribution in [0.3, 0.4) is 0 Å². The summed E-state index contributed by atoms with van der Waals surface area (Å²) in [5.41, 5.74) is 0. The molecule has 156 valence electrons. The van der Waals surface area contributed by atoms with E-state index in [2.05, 4.69) is 5.32 Å². The minimum atomic E-state index is -3.60. The number of piperidine rings is 1. The van der Waals surface area contributed by atoms with Crippen LogP contribution in [0.5, 0.6) is 5.75 Å². The summed E-state index contributed by atoms with van der Waals surface area (Å²) in [5, 5.41) is 3.21. The first-order chi connectivity index (χ1) is 13.5. The fraction of sp³-hybridized carbons (Fsp3) is 0.667. The first-order valence-electron chi connectivity index (χ1n) is 10.5. The van der Waals surface area contributed by atoms with Crippen molar-refractivity contribution in [2.24, 2.45) is 5.92 Å². The van der Waals surface area contributed by atoms with Crippen molar-refractivity contribution in [1.82, 2.24) is 9.62 Å². The van der Waals surface area contributed by atoms with Gasteiger partial charge in [-0.25, -0.2) is 8.42 Å². The monoisotopic (exact) mass is 408 g/mol.